The molecule has 0 fully saturated rings. The third-order valence-electron chi connectivity index (χ3n) is 2.46. The fraction of sp³-hybridized carbons (Fsp3) is 0.545. The van der Waals surface area contributed by atoms with Crippen molar-refractivity contribution in [2.24, 2.45) is 11.7 Å². The second kappa shape index (κ2) is 5.73. The second-order valence-electron chi connectivity index (χ2n) is 3.57. The van der Waals surface area contributed by atoms with Gasteiger partial charge in [-0.25, -0.2) is 0 Å². The van der Waals surface area contributed by atoms with Crippen molar-refractivity contribution < 1.29 is 4.74 Å². The smallest absolute Gasteiger partial charge is 0.0465 e. The van der Waals surface area contributed by atoms with Crippen molar-refractivity contribution in [3.05, 3.63) is 30.1 Å². The van der Waals surface area contributed by atoms with Crippen molar-refractivity contribution in [3.63, 3.8) is 0 Å². The van der Waals surface area contributed by atoms with Crippen LogP contribution < -0.4 is 5.73 Å². The number of rotatable bonds is 5. The number of nitrogens with two attached hydrogens (primary N) is 1. The molecule has 2 N–H and O–H groups in total. The zero-order valence-electron chi connectivity index (χ0n) is 8.81. The first-order valence-corrected chi connectivity index (χ1v) is 4.90. The molecule has 0 bridgehead atoms. The van der Waals surface area contributed by atoms with Crippen LogP contribution >= 0.6 is 0 Å². The van der Waals surface area contributed by atoms with Gasteiger partial charge in [0.25, 0.3) is 0 Å². The van der Waals surface area contributed by atoms with Gasteiger partial charge < -0.3 is 10.5 Å². The lowest BCUT2D eigenvalue weighted by Gasteiger charge is -2.19. The maximum atomic E-state index is 6.08. The Morgan fingerprint density at radius 1 is 1.57 bits per heavy atom. The van der Waals surface area contributed by atoms with Crippen LogP contribution in [0.4, 0.5) is 0 Å². The Bertz CT molecular complexity index is 251. The molecular formula is C11H18N2O. The lowest BCUT2D eigenvalue weighted by Crippen LogP contribution is -2.20. The SMILES string of the molecule is COCCC(C)C(N)c1cccnc1. The Balaban J connectivity index is 2.52. The zero-order chi connectivity index (χ0) is 10.4. The average molecular weight is 194 g/mol. The molecule has 0 saturated heterocycles. The van der Waals surface area contributed by atoms with E-state index >= 15 is 0 Å². The third-order valence-corrected chi connectivity index (χ3v) is 2.46. The highest BCUT2D eigenvalue weighted by Crippen LogP contribution is 2.20. The van der Waals surface area contributed by atoms with Gasteiger partial charge in [-0.2, -0.15) is 0 Å². The van der Waals surface area contributed by atoms with E-state index in [4.69, 9.17) is 10.5 Å². The van der Waals surface area contributed by atoms with Gasteiger partial charge in [0.15, 0.2) is 0 Å². The molecule has 14 heavy (non-hydrogen) atoms. The number of aromatic nitrogens is 1. The van der Waals surface area contributed by atoms with E-state index in [0.717, 1.165) is 18.6 Å². The van der Waals surface area contributed by atoms with E-state index < -0.39 is 0 Å². The highest BCUT2D eigenvalue weighted by Gasteiger charge is 2.14. The summed E-state index contributed by atoms with van der Waals surface area (Å²) in [5, 5.41) is 0. The zero-order valence-corrected chi connectivity index (χ0v) is 8.81. The molecule has 1 rings (SSSR count). The third kappa shape index (κ3) is 3.09. The maximum absolute atomic E-state index is 6.08. The first-order chi connectivity index (χ1) is 6.75. The monoisotopic (exact) mass is 194 g/mol. The quantitative estimate of drug-likeness (QED) is 0.777. The van der Waals surface area contributed by atoms with Crippen LogP contribution in [0.15, 0.2) is 24.5 Å². The van der Waals surface area contributed by atoms with Crippen molar-refractivity contribution in [1.29, 1.82) is 0 Å². The molecule has 0 spiro atoms. The van der Waals surface area contributed by atoms with E-state index in [1.165, 1.54) is 0 Å². The summed E-state index contributed by atoms with van der Waals surface area (Å²) in [5.74, 6) is 0.416. The fourth-order valence-electron chi connectivity index (χ4n) is 1.38. The van der Waals surface area contributed by atoms with Crippen LogP contribution in [0.5, 0.6) is 0 Å². The number of nitrogens with zero attached hydrogens (tertiary/aromatic N) is 1. The minimum atomic E-state index is 0.0545. The van der Waals surface area contributed by atoms with E-state index in [2.05, 4.69) is 11.9 Å². The molecule has 2 unspecified atom stereocenters. The normalized spacial score (nSPS) is 15.1. The molecule has 2 atom stereocenters. The molecule has 3 nitrogen and oxygen atoms in total. The molecule has 1 aromatic heterocycles. The maximum Gasteiger partial charge on any atom is 0.0465 e. The summed E-state index contributed by atoms with van der Waals surface area (Å²) >= 11 is 0. The van der Waals surface area contributed by atoms with Crippen LogP contribution in [0.1, 0.15) is 24.9 Å². The van der Waals surface area contributed by atoms with E-state index in [-0.39, 0.29) is 6.04 Å². The molecule has 0 aliphatic rings. The molecule has 0 aliphatic carbocycles. The molecule has 0 aromatic carbocycles. The van der Waals surface area contributed by atoms with Crippen LogP contribution in [-0.4, -0.2) is 18.7 Å². The second-order valence-corrected chi connectivity index (χ2v) is 3.57. The van der Waals surface area contributed by atoms with E-state index in [9.17, 15) is 0 Å². The van der Waals surface area contributed by atoms with E-state index in [0.29, 0.717) is 5.92 Å². The Morgan fingerprint density at radius 3 is 2.93 bits per heavy atom. The molecule has 1 heterocycles. The molecule has 78 valence electrons. The predicted octanol–water partition coefficient (Wildman–Crippen LogP) is 1.75. The molecular weight excluding hydrogens is 176 g/mol. The largest absolute Gasteiger partial charge is 0.385 e. The van der Waals surface area contributed by atoms with Gasteiger partial charge in [0, 0.05) is 32.2 Å². The first-order valence-electron chi connectivity index (χ1n) is 4.90. The van der Waals surface area contributed by atoms with Crippen molar-refractivity contribution in [3.8, 4) is 0 Å². The molecule has 0 amide bonds. The average Bonchev–Trinajstić information content (AvgIpc) is 2.26. The van der Waals surface area contributed by atoms with Crippen LogP contribution in [-0.2, 0) is 4.74 Å². The summed E-state index contributed by atoms with van der Waals surface area (Å²) in [6.45, 7) is 2.89. The molecule has 0 aliphatic heterocycles. The van der Waals surface area contributed by atoms with Gasteiger partial charge >= 0.3 is 0 Å². The minimum absolute atomic E-state index is 0.0545. The Kier molecular flexibility index (Phi) is 4.56. The van der Waals surface area contributed by atoms with Gasteiger partial charge in [-0.05, 0) is 24.0 Å². The first kappa shape index (κ1) is 11.1. The van der Waals surface area contributed by atoms with Crippen molar-refractivity contribution >= 4 is 0 Å². The van der Waals surface area contributed by atoms with Crippen molar-refractivity contribution in [1.82, 2.24) is 4.98 Å². The standard InChI is InChI=1S/C11H18N2O/c1-9(5-7-14-2)11(12)10-4-3-6-13-8-10/h3-4,6,8-9,11H,5,7,12H2,1-2H3. The van der Waals surface area contributed by atoms with Crippen molar-refractivity contribution in [2.45, 2.75) is 19.4 Å². The predicted molar refractivity (Wildman–Crippen MR) is 56.8 cm³/mol. The highest BCUT2D eigenvalue weighted by atomic mass is 16.5. The van der Waals surface area contributed by atoms with Gasteiger partial charge in [-0.1, -0.05) is 13.0 Å². The van der Waals surface area contributed by atoms with Gasteiger partial charge in [0.05, 0.1) is 0 Å². The summed E-state index contributed by atoms with van der Waals surface area (Å²) in [5.41, 5.74) is 7.18. The van der Waals surface area contributed by atoms with Crippen LogP contribution in [0.25, 0.3) is 0 Å². The summed E-state index contributed by atoms with van der Waals surface area (Å²) < 4.78 is 5.03. The lowest BCUT2D eigenvalue weighted by molar-refractivity contribution is 0.174. The number of hydrogen-bond donors (Lipinski definition) is 1. The van der Waals surface area contributed by atoms with Crippen LogP contribution in [0, 0.1) is 5.92 Å². The fourth-order valence-corrected chi connectivity index (χ4v) is 1.38. The number of hydrogen-bond acceptors (Lipinski definition) is 3. The number of methoxy groups -OCH3 is 1. The Labute approximate surface area is 85.3 Å². The van der Waals surface area contributed by atoms with Gasteiger partial charge in [-0.3, -0.25) is 4.98 Å². The Morgan fingerprint density at radius 2 is 2.36 bits per heavy atom. The summed E-state index contributed by atoms with van der Waals surface area (Å²) in [4.78, 5) is 4.06. The van der Waals surface area contributed by atoms with E-state index in [1.807, 2.05) is 18.3 Å². The number of pyridine rings is 1. The molecule has 3 heteroatoms. The summed E-state index contributed by atoms with van der Waals surface area (Å²) in [6.07, 6.45) is 4.57. The van der Waals surface area contributed by atoms with Gasteiger partial charge in [0.1, 0.15) is 0 Å². The van der Waals surface area contributed by atoms with Crippen molar-refractivity contribution in [2.75, 3.05) is 13.7 Å². The number of ether oxygens (including phenoxy) is 1. The summed E-state index contributed by atoms with van der Waals surface area (Å²) in [7, 11) is 1.71. The minimum Gasteiger partial charge on any atom is -0.385 e. The summed E-state index contributed by atoms with van der Waals surface area (Å²) in [6, 6.07) is 3.98. The topological polar surface area (TPSA) is 48.1 Å². The van der Waals surface area contributed by atoms with Gasteiger partial charge in [-0.15, -0.1) is 0 Å². The van der Waals surface area contributed by atoms with Crippen LogP contribution in [0.3, 0.4) is 0 Å². The Hall–Kier alpha value is -0.930. The molecule has 0 radical (unpaired) electrons. The molecule has 0 saturated carbocycles. The highest BCUT2D eigenvalue weighted by molar-refractivity contribution is 5.13. The molecule has 1 aromatic rings. The van der Waals surface area contributed by atoms with Crippen LogP contribution in [0.2, 0.25) is 0 Å². The van der Waals surface area contributed by atoms with E-state index in [1.54, 1.807) is 13.3 Å². The lowest BCUT2D eigenvalue weighted by atomic mass is 9.94. The van der Waals surface area contributed by atoms with Gasteiger partial charge in [0.2, 0.25) is 0 Å².